The van der Waals surface area contributed by atoms with Crippen molar-refractivity contribution in [2.24, 2.45) is 35.5 Å². The van der Waals surface area contributed by atoms with Gasteiger partial charge in [0.25, 0.3) is 0 Å². The third-order valence-corrected chi connectivity index (χ3v) is 7.29. The van der Waals surface area contributed by atoms with Crippen molar-refractivity contribution in [1.82, 2.24) is 0 Å². The highest BCUT2D eigenvalue weighted by Crippen LogP contribution is 2.70. The highest BCUT2D eigenvalue weighted by Gasteiger charge is 2.74. The number of rotatable bonds is 0. The summed E-state index contributed by atoms with van der Waals surface area (Å²) in [5.41, 5.74) is 0. The second-order valence-corrected chi connectivity index (χ2v) is 7.35. The Kier molecular flexibility index (Phi) is 1.61. The third kappa shape index (κ3) is 0.791. The lowest BCUT2D eigenvalue weighted by Gasteiger charge is -2.25. The number of alkyl halides is 2. The molecule has 4 unspecified atom stereocenters. The smallest absolute Gasteiger partial charge is 0.150 e. The van der Waals surface area contributed by atoms with Crippen molar-refractivity contribution in [3.05, 3.63) is 0 Å². The first-order valence-electron chi connectivity index (χ1n) is 5.48. The minimum absolute atomic E-state index is 0.0284. The zero-order valence-corrected chi connectivity index (χ0v) is 11.1. The van der Waals surface area contributed by atoms with Crippen molar-refractivity contribution in [2.75, 3.05) is 0 Å². The molecule has 4 fully saturated rings. The zero-order chi connectivity index (χ0) is 10.5. The van der Waals surface area contributed by atoms with Gasteiger partial charge < -0.3 is 0 Å². The minimum atomic E-state index is 0.0284. The van der Waals surface area contributed by atoms with Crippen LogP contribution in [0.15, 0.2) is 0 Å². The molecule has 8 atom stereocenters. The van der Waals surface area contributed by atoms with Crippen molar-refractivity contribution < 1.29 is 9.59 Å². The molecule has 4 saturated carbocycles. The molecule has 2 nitrogen and oxygen atoms in total. The Morgan fingerprint density at radius 3 is 1.67 bits per heavy atom. The summed E-state index contributed by atoms with van der Waals surface area (Å²) >= 11 is 7.09. The molecule has 4 rings (SSSR count). The molecular weight excluding hydrogens is 324 g/mol. The first kappa shape index (κ1) is 9.34. The first-order chi connectivity index (χ1) is 7.13. The van der Waals surface area contributed by atoms with Gasteiger partial charge in [-0.1, -0.05) is 31.9 Å². The molecule has 4 aliphatic carbocycles. The highest BCUT2D eigenvalue weighted by molar-refractivity contribution is 9.10. The van der Waals surface area contributed by atoms with Gasteiger partial charge in [0.05, 0.1) is 9.65 Å². The predicted octanol–water partition coefficient (Wildman–Crippen LogP) is 1.79. The topological polar surface area (TPSA) is 34.1 Å². The Morgan fingerprint density at radius 2 is 1.27 bits per heavy atom. The maximum Gasteiger partial charge on any atom is 0.150 e. The molecule has 15 heavy (non-hydrogen) atoms. The number of fused-ring (bicyclic) bond motifs is 2. The normalized spacial score (nSPS) is 64.7. The van der Waals surface area contributed by atoms with Crippen molar-refractivity contribution in [3.8, 4) is 0 Å². The molecule has 0 N–H and O–H groups in total. The van der Waals surface area contributed by atoms with Gasteiger partial charge in [-0.2, -0.15) is 0 Å². The molecule has 0 aliphatic heterocycles. The van der Waals surface area contributed by atoms with E-state index in [1.807, 2.05) is 0 Å². The number of carbonyl (C=O) groups excluding carboxylic acids is 2. The fraction of sp³-hybridized carbons (Fsp3) is 0.818. The Morgan fingerprint density at radius 1 is 0.867 bits per heavy atom. The van der Waals surface area contributed by atoms with Crippen molar-refractivity contribution in [2.45, 2.75) is 16.1 Å². The van der Waals surface area contributed by atoms with E-state index in [2.05, 4.69) is 31.9 Å². The minimum Gasteiger partial charge on any atom is -0.298 e. The monoisotopic (exact) mass is 332 g/mol. The summed E-state index contributed by atoms with van der Waals surface area (Å²) in [6.07, 6.45) is 1.12. The third-order valence-electron chi connectivity index (χ3n) is 5.16. The summed E-state index contributed by atoms with van der Waals surface area (Å²) in [5.74, 6) is 2.63. The van der Waals surface area contributed by atoms with Gasteiger partial charge in [0.1, 0.15) is 0 Å². The fourth-order valence-corrected chi connectivity index (χ4v) is 6.95. The predicted molar refractivity (Wildman–Crippen MR) is 61.0 cm³/mol. The lowest BCUT2D eigenvalue weighted by atomic mass is 9.79. The maximum absolute atomic E-state index is 12.1. The number of halogens is 2. The molecule has 0 radical (unpaired) electrons. The summed E-state index contributed by atoms with van der Waals surface area (Å²) in [7, 11) is 0. The zero-order valence-electron chi connectivity index (χ0n) is 7.90. The van der Waals surface area contributed by atoms with E-state index in [-0.39, 0.29) is 21.5 Å². The molecule has 0 saturated heterocycles. The highest BCUT2D eigenvalue weighted by atomic mass is 79.9. The van der Waals surface area contributed by atoms with E-state index >= 15 is 0 Å². The average molecular weight is 334 g/mol. The van der Waals surface area contributed by atoms with Crippen LogP contribution in [0.2, 0.25) is 0 Å². The lowest BCUT2D eigenvalue weighted by molar-refractivity contribution is -0.128. The molecule has 0 aromatic rings. The van der Waals surface area contributed by atoms with Gasteiger partial charge in [0.15, 0.2) is 11.6 Å². The van der Waals surface area contributed by atoms with Gasteiger partial charge in [-0.25, -0.2) is 0 Å². The molecule has 0 amide bonds. The standard InChI is InChI=1S/C11H10Br2O2/c12-8-4-2-1-3-5(4)9(13)11(15)7(3)6(2)10(8)14/h2-9H,1H2/t2-,3+,4?,5?,6?,7?,8-,9+. The fourth-order valence-electron chi connectivity index (χ4n) is 4.85. The van der Waals surface area contributed by atoms with Gasteiger partial charge in [0.2, 0.25) is 0 Å². The van der Waals surface area contributed by atoms with Crippen LogP contribution in [0, 0.1) is 35.5 Å². The van der Waals surface area contributed by atoms with Gasteiger partial charge >= 0.3 is 0 Å². The summed E-state index contributed by atoms with van der Waals surface area (Å²) in [4.78, 5) is 24.2. The number of ketones is 2. The van der Waals surface area contributed by atoms with Crippen LogP contribution in [0.3, 0.4) is 0 Å². The van der Waals surface area contributed by atoms with E-state index in [1.54, 1.807) is 0 Å². The van der Waals surface area contributed by atoms with Crippen LogP contribution < -0.4 is 0 Å². The Bertz CT molecular complexity index is 358. The van der Waals surface area contributed by atoms with Gasteiger partial charge in [-0.3, -0.25) is 9.59 Å². The van der Waals surface area contributed by atoms with Gasteiger partial charge in [-0.05, 0) is 30.1 Å². The molecule has 4 aliphatic rings. The average Bonchev–Trinajstić information content (AvgIpc) is 2.85. The summed E-state index contributed by atoms with van der Waals surface area (Å²) < 4.78 is 0. The van der Waals surface area contributed by atoms with E-state index in [0.29, 0.717) is 35.2 Å². The van der Waals surface area contributed by atoms with E-state index in [1.165, 1.54) is 0 Å². The Labute approximate surface area is 104 Å². The van der Waals surface area contributed by atoms with Crippen molar-refractivity contribution in [1.29, 1.82) is 0 Å². The largest absolute Gasteiger partial charge is 0.298 e. The van der Waals surface area contributed by atoms with E-state index < -0.39 is 0 Å². The number of hydrogen-bond donors (Lipinski definition) is 0. The Hall–Kier alpha value is 0.300. The molecule has 4 heteroatoms. The molecule has 0 heterocycles. The van der Waals surface area contributed by atoms with Gasteiger partial charge in [0, 0.05) is 11.8 Å². The molecule has 2 bridgehead atoms. The quantitative estimate of drug-likeness (QED) is 0.633. The SMILES string of the molecule is O=C1C2C3C(=O)[C@H](Br)C4C([C@@H]2C[C@@H]34)[C@@H]1Br. The van der Waals surface area contributed by atoms with Crippen LogP contribution in [-0.2, 0) is 9.59 Å². The van der Waals surface area contributed by atoms with Crippen molar-refractivity contribution >= 4 is 43.4 Å². The van der Waals surface area contributed by atoms with Crippen LogP contribution in [-0.4, -0.2) is 21.2 Å². The molecule has 80 valence electrons. The molecular formula is C11H10Br2O2. The number of hydrogen-bond acceptors (Lipinski definition) is 2. The number of Topliss-reactive ketones (excluding diaryl/α,β-unsaturated/α-hetero) is 2. The molecule has 0 aromatic heterocycles. The van der Waals surface area contributed by atoms with Crippen LogP contribution >= 0.6 is 31.9 Å². The Balaban J connectivity index is 1.93. The maximum atomic E-state index is 12.1. The first-order valence-corrected chi connectivity index (χ1v) is 7.31. The van der Waals surface area contributed by atoms with Crippen LogP contribution in [0.1, 0.15) is 6.42 Å². The summed E-state index contributed by atoms with van der Waals surface area (Å²) in [5, 5.41) is 0. The second-order valence-electron chi connectivity index (χ2n) is 5.38. The van der Waals surface area contributed by atoms with Crippen LogP contribution in [0.25, 0.3) is 0 Å². The van der Waals surface area contributed by atoms with E-state index in [0.717, 1.165) is 6.42 Å². The second kappa shape index (κ2) is 2.58. The van der Waals surface area contributed by atoms with Crippen molar-refractivity contribution in [3.63, 3.8) is 0 Å². The van der Waals surface area contributed by atoms with Crippen LogP contribution in [0.4, 0.5) is 0 Å². The van der Waals surface area contributed by atoms with E-state index in [9.17, 15) is 9.59 Å². The van der Waals surface area contributed by atoms with Gasteiger partial charge in [-0.15, -0.1) is 0 Å². The molecule has 0 aromatic carbocycles. The van der Waals surface area contributed by atoms with Crippen LogP contribution in [0.5, 0.6) is 0 Å². The summed E-state index contributed by atoms with van der Waals surface area (Å²) in [6.45, 7) is 0. The summed E-state index contributed by atoms with van der Waals surface area (Å²) in [6, 6.07) is 0. The number of carbonyl (C=O) groups is 2. The lowest BCUT2D eigenvalue weighted by Crippen LogP contribution is -2.29. The molecule has 0 spiro atoms. The van der Waals surface area contributed by atoms with E-state index in [4.69, 9.17) is 0 Å².